The Labute approximate surface area is 191 Å². The van der Waals surface area contributed by atoms with Crippen molar-refractivity contribution in [3.05, 3.63) is 63.6 Å². The van der Waals surface area contributed by atoms with Crippen molar-refractivity contribution in [2.45, 2.75) is 19.1 Å². The third-order valence-corrected chi connectivity index (χ3v) is 5.60. The molecular formula is C22H22F4N6O2. The number of nitrogens with one attached hydrogen (secondary N) is 2. The van der Waals surface area contributed by atoms with Crippen LogP contribution in [0, 0.1) is 5.95 Å². The van der Waals surface area contributed by atoms with Crippen LogP contribution in [0.2, 0.25) is 0 Å². The van der Waals surface area contributed by atoms with Gasteiger partial charge in [0.1, 0.15) is 11.4 Å². The van der Waals surface area contributed by atoms with Crippen LogP contribution in [-0.4, -0.2) is 65.2 Å². The number of nitrogens with zero attached hydrogens (tertiary/aromatic N) is 4. The quantitative estimate of drug-likeness (QED) is 0.432. The van der Waals surface area contributed by atoms with Crippen LogP contribution in [0.25, 0.3) is 11.0 Å². The van der Waals surface area contributed by atoms with Gasteiger partial charge in [0.05, 0.1) is 23.1 Å². The summed E-state index contributed by atoms with van der Waals surface area (Å²) in [7, 11) is 1.45. The largest absolute Gasteiger partial charge is 0.394 e. The zero-order chi connectivity index (χ0) is 24.5. The normalized spacial score (nSPS) is 15.0. The maximum atomic E-state index is 14.4. The number of aromatic amines is 1. The number of carbonyl (C=O) groups excluding carboxylic acids is 1. The number of hydrogen-bond acceptors (Lipinski definition) is 6. The van der Waals surface area contributed by atoms with Gasteiger partial charge in [-0.2, -0.15) is 17.6 Å². The van der Waals surface area contributed by atoms with Gasteiger partial charge in [-0.1, -0.05) is 6.07 Å². The molecule has 0 bridgehead atoms. The lowest BCUT2D eigenvalue weighted by atomic mass is 10.1. The average molecular weight is 478 g/mol. The fraction of sp³-hybridized carbons (Fsp3) is 0.364. The number of benzene rings is 1. The first-order valence-electron chi connectivity index (χ1n) is 10.6. The van der Waals surface area contributed by atoms with Crippen LogP contribution in [0.3, 0.4) is 0 Å². The number of H-pyrrole nitrogens is 1. The van der Waals surface area contributed by atoms with E-state index in [4.69, 9.17) is 0 Å². The number of halogens is 4. The number of amides is 1. The van der Waals surface area contributed by atoms with Crippen molar-refractivity contribution < 1.29 is 22.4 Å². The summed E-state index contributed by atoms with van der Waals surface area (Å²) in [4.78, 5) is 37.7. The molecule has 2 aromatic heterocycles. The number of alkyl halides is 3. The first-order chi connectivity index (χ1) is 16.1. The third-order valence-electron chi connectivity index (χ3n) is 5.60. The molecule has 1 aliphatic heterocycles. The molecule has 0 atom stereocenters. The van der Waals surface area contributed by atoms with Gasteiger partial charge in [0, 0.05) is 39.8 Å². The fourth-order valence-corrected chi connectivity index (χ4v) is 3.90. The number of anilines is 1. The van der Waals surface area contributed by atoms with Crippen molar-refractivity contribution >= 4 is 22.6 Å². The van der Waals surface area contributed by atoms with Crippen LogP contribution in [0.5, 0.6) is 0 Å². The summed E-state index contributed by atoms with van der Waals surface area (Å²) in [5, 5.41) is 2.41. The lowest BCUT2D eigenvalue weighted by Crippen LogP contribution is -2.46. The lowest BCUT2D eigenvalue weighted by Gasteiger charge is -2.36. The second-order valence-corrected chi connectivity index (χ2v) is 8.00. The van der Waals surface area contributed by atoms with E-state index >= 15 is 0 Å². The van der Waals surface area contributed by atoms with Gasteiger partial charge in [-0.25, -0.2) is 9.97 Å². The molecule has 8 nitrogen and oxygen atoms in total. The number of hydrogen-bond donors (Lipinski definition) is 2. The van der Waals surface area contributed by atoms with Gasteiger partial charge in [0.2, 0.25) is 5.95 Å². The highest BCUT2D eigenvalue weighted by molar-refractivity contribution is 5.92. The van der Waals surface area contributed by atoms with E-state index in [9.17, 15) is 27.2 Å². The SMILES string of the molecule is CNC(=O)c1ccc(N2CCN(Cc3ccc4nc(CC(F)(F)F)c(=O)[nH]c4c3)CC2)c(F)n1. The molecule has 0 spiro atoms. The number of fused-ring (bicyclic) bond motifs is 1. The summed E-state index contributed by atoms with van der Waals surface area (Å²) >= 11 is 0. The molecule has 3 heterocycles. The van der Waals surface area contributed by atoms with E-state index in [0.717, 1.165) is 5.56 Å². The minimum Gasteiger partial charge on any atom is -0.365 e. The van der Waals surface area contributed by atoms with E-state index in [-0.39, 0.29) is 11.2 Å². The highest BCUT2D eigenvalue weighted by Crippen LogP contribution is 2.22. The number of pyridine rings is 1. The number of piperazine rings is 1. The molecule has 180 valence electrons. The molecule has 1 aliphatic rings. The Morgan fingerprint density at radius 1 is 1.12 bits per heavy atom. The molecule has 1 amide bonds. The Morgan fingerprint density at radius 3 is 2.50 bits per heavy atom. The smallest absolute Gasteiger partial charge is 0.365 e. The Bertz CT molecular complexity index is 1270. The standard InChI is InChI=1S/C22H22F4N6O2/c1-27-20(33)15-4-5-18(19(23)29-15)32-8-6-31(7-9-32)12-13-2-3-14-16(10-13)30-21(34)17(28-14)11-22(24,25)26/h2-5,10H,6-9,11-12H2,1H3,(H,27,33)(H,30,34). The van der Waals surface area contributed by atoms with Gasteiger partial charge in [0.15, 0.2) is 0 Å². The monoisotopic (exact) mass is 478 g/mol. The summed E-state index contributed by atoms with van der Waals surface area (Å²) in [5.41, 5.74) is 0.451. The summed E-state index contributed by atoms with van der Waals surface area (Å²) in [6, 6.07) is 8.08. The van der Waals surface area contributed by atoms with Gasteiger partial charge < -0.3 is 15.2 Å². The van der Waals surface area contributed by atoms with Gasteiger partial charge in [-0.3, -0.25) is 14.5 Å². The fourth-order valence-electron chi connectivity index (χ4n) is 3.90. The molecule has 3 aromatic rings. The van der Waals surface area contributed by atoms with E-state index < -0.39 is 35.7 Å². The molecule has 4 rings (SSSR count). The molecule has 1 saturated heterocycles. The van der Waals surface area contributed by atoms with Crippen LogP contribution in [0.4, 0.5) is 23.2 Å². The van der Waals surface area contributed by atoms with Gasteiger partial charge in [-0.05, 0) is 29.8 Å². The Morgan fingerprint density at radius 2 is 1.85 bits per heavy atom. The number of carbonyl (C=O) groups is 1. The van der Waals surface area contributed by atoms with E-state index in [0.29, 0.717) is 43.9 Å². The molecule has 34 heavy (non-hydrogen) atoms. The molecule has 12 heteroatoms. The van der Waals surface area contributed by atoms with Crippen molar-refractivity contribution in [2.75, 3.05) is 38.1 Å². The molecule has 0 saturated carbocycles. The minimum absolute atomic E-state index is 0.0109. The van der Waals surface area contributed by atoms with Crippen molar-refractivity contribution in [3.8, 4) is 0 Å². The summed E-state index contributed by atoms with van der Waals surface area (Å²) < 4.78 is 52.3. The predicted molar refractivity (Wildman–Crippen MR) is 117 cm³/mol. The summed E-state index contributed by atoms with van der Waals surface area (Å²) in [5.74, 6) is -1.16. The van der Waals surface area contributed by atoms with Crippen molar-refractivity contribution in [1.82, 2.24) is 25.2 Å². The van der Waals surface area contributed by atoms with Gasteiger partial charge in [-0.15, -0.1) is 0 Å². The highest BCUT2D eigenvalue weighted by Gasteiger charge is 2.30. The van der Waals surface area contributed by atoms with Crippen LogP contribution < -0.4 is 15.8 Å². The van der Waals surface area contributed by atoms with Crippen LogP contribution >= 0.6 is 0 Å². The molecule has 0 radical (unpaired) electrons. The van der Waals surface area contributed by atoms with Crippen LogP contribution in [0.1, 0.15) is 21.7 Å². The Hall–Kier alpha value is -3.54. The van der Waals surface area contributed by atoms with E-state index in [1.807, 2.05) is 4.90 Å². The van der Waals surface area contributed by atoms with Crippen molar-refractivity contribution in [1.29, 1.82) is 0 Å². The second-order valence-electron chi connectivity index (χ2n) is 8.00. The molecule has 0 aliphatic carbocycles. The zero-order valence-corrected chi connectivity index (χ0v) is 18.2. The highest BCUT2D eigenvalue weighted by atomic mass is 19.4. The summed E-state index contributed by atoms with van der Waals surface area (Å²) in [6.07, 6.45) is -5.89. The molecular weight excluding hydrogens is 456 g/mol. The van der Waals surface area contributed by atoms with Crippen LogP contribution in [-0.2, 0) is 13.0 Å². The zero-order valence-electron chi connectivity index (χ0n) is 18.2. The number of aromatic nitrogens is 3. The maximum Gasteiger partial charge on any atom is 0.394 e. The lowest BCUT2D eigenvalue weighted by molar-refractivity contribution is -0.128. The Kier molecular flexibility index (Phi) is 6.51. The van der Waals surface area contributed by atoms with Crippen LogP contribution in [0.15, 0.2) is 35.1 Å². The topological polar surface area (TPSA) is 94.2 Å². The molecule has 2 N–H and O–H groups in total. The first-order valence-corrected chi connectivity index (χ1v) is 10.6. The molecule has 1 fully saturated rings. The number of rotatable bonds is 5. The van der Waals surface area contributed by atoms with Crippen molar-refractivity contribution in [3.63, 3.8) is 0 Å². The van der Waals surface area contributed by atoms with E-state index in [1.165, 1.54) is 13.1 Å². The summed E-state index contributed by atoms with van der Waals surface area (Å²) in [6.45, 7) is 2.91. The maximum absolute atomic E-state index is 14.4. The first kappa shape index (κ1) is 23.6. The second kappa shape index (κ2) is 9.37. The van der Waals surface area contributed by atoms with E-state index in [1.54, 1.807) is 24.3 Å². The van der Waals surface area contributed by atoms with Crippen molar-refractivity contribution in [2.24, 2.45) is 0 Å². The average Bonchev–Trinajstić information content (AvgIpc) is 2.79. The minimum atomic E-state index is -4.51. The van der Waals surface area contributed by atoms with E-state index in [2.05, 4.69) is 25.2 Å². The van der Waals surface area contributed by atoms with Gasteiger partial charge in [0.25, 0.3) is 11.5 Å². The predicted octanol–water partition coefficient (Wildman–Crippen LogP) is 2.24. The molecule has 0 unspecified atom stereocenters. The molecule has 1 aromatic carbocycles. The third kappa shape index (κ3) is 5.33. The Balaban J connectivity index is 1.41. The van der Waals surface area contributed by atoms with Gasteiger partial charge >= 0.3 is 6.18 Å².